The van der Waals surface area contributed by atoms with Crippen molar-refractivity contribution in [3.63, 3.8) is 0 Å². The largest absolute Gasteiger partial charge is 0.496 e. The maximum atomic E-state index is 13.0. The number of amides is 2. The van der Waals surface area contributed by atoms with E-state index in [1.807, 2.05) is 18.2 Å². The summed E-state index contributed by atoms with van der Waals surface area (Å²) < 4.78 is 5.62. The normalized spacial score (nSPS) is 15.3. The Labute approximate surface area is 187 Å². The van der Waals surface area contributed by atoms with Crippen LogP contribution in [0.5, 0.6) is 5.75 Å². The number of methoxy groups -OCH3 is 1. The van der Waals surface area contributed by atoms with Crippen LogP contribution >= 0.6 is 0 Å². The number of rotatable bonds is 8. The van der Waals surface area contributed by atoms with Crippen LogP contribution in [0, 0.1) is 0 Å². The molecule has 1 unspecified atom stereocenters. The predicted molar refractivity (Wildman–Crippen MR) is 128 cm³/mol. The van der Waals surface area contributed by atoms with Crippen molar-refractivity contribution in [2.45, 2.75) is 58.4 Å². The zero-order chi connectivity index (χ0) is 22.4. The molecule has 5 nitrogen and oxygen atoms in total. The SMILES string of the molecule is COc1ccccc1C(CNC(=O)Nc1c(C(C)C)cccc1C(C)C)N1CCCC1. The van der Waals surface area contributed by atoms with Crippen molar-refractivity contribution in [2.24, 2.45) is 0 Å². The molecular weight excluding hydrogens is 386 g/mol. The summed E-state index contributed by atoms with van der Waals surface area (Å²) in [5.74, 6) is 1.54. The zero-order valence-corrected chi connectivity index (χ0v) is 19.6. The van der Waals surface area contributed by atoms with Crippen LogP contribution in [0.25, 0.3) is 0 Å². The first-order valence-corrected chi connectivity index (χ1v) is 11.5. The minimum atomic E-state index is -0.158. The quantitative estimate of drug-likeness (QED) is 0.556. The molecule has 1 saturated heterocycles. The average Bonchev–Trinajstić information content (AvgIpc) is 3.28. The molecule has 0 aliphatic carbocycles. The Morgan fingerprint density at radius 2 is 1.52 bits per heavy atom. The van der Waals surface area contributed by atoms with Crippen LogP contribution in [0.4, 0.5) is 10.5 Å². The number of nitrogens with zero attached hydrogens (tertiary/aromatic N) is 1. The standard InChI is InChI=1S/C26H37N3O2/c1-18(2)20-12-10-13-21(19(3)4)25(20)28-26(30)27-17-23(29-15-8-9-16-29)22-11-6-7-14-24(22)31-5/h6-7,10-14,18-19,23H,8-9,15-17H2,1-5H3,(H2,27,28,30). The summed E-state index contributed by atoms with van der Waals surface area (Å²) in [5, 5.41) is 6.31. The number of anilines is 1. The van der Waals surface area contributed by atoms with E-state index >= 15 is 0 Å². The van der Waals surface area contributed by atoms with E-state index in [1.54, 1.807) is 7.11 Å². The molecule has 31 heavy (non-hydrogen) atoms. The molecule has 2 amide bonds. The van der Waals surface area contributed by atoms with E-state index in [1.165, 1.54) is 24.0 Å². The van der Waals surface area contributed by atoms with Gasteiger partial charge in [0, 0.05) is 17.8 Å². The van der Waals surface area contributed by atoms with Crippen molar-refractivity contribution in [2.75, 3.05) is 32.1 Å². The fourth-order valence-corrected chi connectivity index (χ4v) is 4.47. The van der Waals surface area contributed by atoms with Gasteiger partial charge >= 0.3 is 6.03 Å². The number of hydrogen-bond donors (Lipinski definition) is 2. The lowest BCUT2D eigenvalue weighted by Crippen LogP contribution is -2.39. The first-order valence-electron chi connectivity index (χ1n) is 11.5. The highest BCUT2D eigenvalue weighted by atomic mass is 16.5. The third-order valence-electron chi connectivity index (χ3n) is 6.15. The summed E-state index contributed by atoms with van der Waals surface area (Å²) in [5.41, 5.74) is 4.40. The number of para-hydroxylation sites is 2. The average molecular weight is 424 g/mol. The van der Waals surface area contributed by atoms with Crippen molar-refractivity contribution in [1.82, 2.24) is 10.2 Å². The molecular formula is C26H37N3O2. The molecule has 0 bridgehead atoms. The highest BCUT2D eigenvalue weighted by molar-refractivity contribution is 5.91. The van der Waals surface area contributed by atoms with Gasteiger partial charge in [-0.05, 0) is 55.0 Å². The maximum absolute atomic E-state index is 13.0. The number of ether oxygens (including phenoxy) is 1. The molecule has 1 aliphatic rings. The van der Waals surface area contributed by atoms with Crippen LogP contribution in [0.15, 0.2) is 42.5 Å². The van der Waals surface area contributed by atoms with Gasteiger partial charge in [-0.15, -0.1) is 0 Å². The molecule has 1 atom stereocenters. The number of likely N-dealkylation sites (tertiary alicyclic amines) is 1. The lowest BCUT2D eigenvalue weighted by atomic mass is 9.93. The third-order valence-corrected chi connectivity index (χ3v) is 6.15. The topological polar surface area (TPSA) is 53.6 Å². The second-order valence-corrected chi connectivity index (χ2v) is 8.96. The van der Waals surface area contributed by atoms with Gasteiger partial charge in [0.2, 0.25) is 0 Å². The van der Waals surface area contributed by atoms with E-state index in [0.29, 0.717) is 18.4 Å². The first kappa shape index (κ1) is 23.1. The van der Waals surface area contributed by atoms with Gasteiger partial charge in [-0.3, -0.25) is 4.90 Å². The van der Waals surface area contributed by atoms with Crippen LogP contribution in [-0.2, 0) is 0 Å². The number of benzene rings is 2. The summed E-state index contributed by atoms with van der Waals surface area (Å²) in [6, 6.07) is 14.3. The predicted octanol–water partition coefficient (Wildman–Crippen LogP) is 5.90. The summed E-state index contributed by atoms with van der Waals surface area (Å²) in [6.07, 6.45) is 2.38. The summed E-state index contributed by atoms with van der Waals surface area (Å²) in [6.45, 7) is 11.3. The molecule has 2 aromatic carbocycles. The van der Waals surface area contributed by atoms with Gasteiger partial charge in [0.1, 0.15) is 5.75 Å². The molecule has 0 radical (unpaired) electrons. The molecule has 2 aromatic rings. The van der Waals surface area contributed by atoms with E-state index in [2.05, 4.69) is 67.5 Å². The molecule has 3 rings (SSSR count). The summed E-state index contributed by atoms with van der Waals surface area (Å²) >= 11 is 0. The zero-order valence-electron chi connectivity index (χ0n) is 19.6. The fourth-order valence-electron chi connectivity index (χ4n) is 4.47. The van der Waals surface area contributed by atoms with Crippen molar-refractivity contribution in [3.8, 4) is 5.75 Å². The Morgan fingerprint density at radius 1 is 0.935 bits per heavy atom. The van der Waals surface area contributed by atoms with Gasteiger partial charge in [0.05, 0.1) is 13.2 Å². The van der Waals surface area contributed by atoms with Crippen molar-refractivity contribution < 1.29 is 9.53 Å². The lowest BCUT2D eigenvalue weighted by Gasteiger charge is -2.29. The second-order valence-electron chi connectivity index (χ2n) is 8.96. The molecule has 1 fully saturated rings. The minimum Gasteiger partial charge on any atom is -0.496 e. The molecule has 5 heteroatoms. The van der Waals surface area contributed by atoms with E-state index in [0.717, 1.165) is 30.1 Å². The van der Waals surface area contributed by atoms with E-state index in [9.17, 15) is 4.79 Å². The molecule has 0 spiro atoms. The minimum absolute atomic E-state index is 0.0920. The van der Waals surface area contributed by atoms with Crippen LogP contribution < -0.4 is 15.4 Å². The third kappa shape index (κ3) is 5.59. The lowest BCUT2D eigenvalue weighted by molar-refractivity contribution is 0.224. The van der Waals surface area contributed by atoms with E-state index < -0.39 is 0 Å². The Kier molecular flexibility index (Phi) is 7.97. The van der Waals surface area contributed by atoms with Gasteiger partial charge < -0.3 is 15.4 Å². The van der Waals surface area contributed by atoms with Gasteiger partial charge in [-0.1, -0.05) is 64.1 Å². The van der Waals surface area contributed by atoms with Crippen molar-refractivity contribution in [3.05, 3.63) is 59.2 Å². The number of urea groups is 1. The Hall–Kier alpha value is -2.53. The number of carbonyl (C=O) groups excluding carboxylic acids is 1. The van der Waals surface area contributed by atoms with Crippen LogP contribution in [0.2, 0.25) is 0 Å². The molecule has 168 valence electrons. The molecule has 2 N–H and O–H groups in total. The summed E-state index contributed by atoms with van der Waals surface area (Å²) in [7, 11) is 1.70. The highest BCUT2D eigenvalue weighted by Gasteiger charge is 2.26. The molecule has 1 aliphatic heterocycles. The first-order chi connectivity index (χ1) is 14.9. The maximum Gasteiger partial charge on any atom is 0.319 e. The van der Waals surface area contributed by atoms with Crippen LogP contribution in [-0.4, -0.2) is 37.7 Å². The Morgan fingerprint density at radius 3 is 2.10 bits per heavy atom. The second kappa shape index (κ2) is 10.7. The summed E-state index contributed by atoms with van der Waals surface area (Å²) in [4.78, 5) is 15.4. The van der Waals surface area contributed by atoms with Gasteiger partial charge in [-0.25, -0.2) is 4.79 Å². The van der Waals surface area contributed by atoms with Gasteiger partial charge in [0.25, 0.3) is 0 Å². The molecule has 0 aromatic heterocycles. The van der Waals surface area contributed by atoms with Crippen molar-refractivity contribution in [1.29, 1.82) is 0 Å². The van der Waals surface area contributed by atoms with E-state index in [4.69, 9.17) is 4.74 Å². The van der Waals surface area contributed by atoms with E-state index in [-0.39, 0.29) is 12.1 Å². The van der Waals surface area contributed by atoms with Crippen LogP contribution in [0.3, 0.4) is 0 Å². The molecule has 0 saturated carbocycles. The van der Waals surface area contributed by atoms with Crippen molar-refractivity contribution >= 4 is 11.7 Å². The highest BCUT2D eigenvalue weighted by Crippen LogP contribution is 2.33. The fraction of sp³-hybridized carbons (Fsp3) is 0.500. The monoisotopic (exact) mass is 423 g/mol. The Balaban J connectivity index is 1.78. The van der Waals surface area contributed by atoms with Gasteiger partial charge in [0.15, 0.2) is 0 Å². The smallest absolute Gasteiger partial charge is 0.319 e. The number of hydrogen-bond acceptors (Lipinski definition) is 3. The van der Waals surface area contributed by atoms with Gasteiger partial charge in [-0.2, -0.15) is 0 Å². The van der Waals surface area contributed by atoms with Crippen LogP contribution in [0.1, 0.15) is 75.1 Å². The number of carbonyl (C=O) groups is 1. The molecule has 1 heterocycles. The number of nitrogens with one attached hydrogen (secondary N) is 2. The Bertz CT molecular complexity index is 846.